The number of thiophene rings is 1. The first-order valence-corrected chi connectivity index (χ1v) is 7.03. The number of hydrogen-bond donors (Lipinski definition) is 2. The summed E-state index contributed by atoms with van der Waals surface area (Å²) in [5, 5.41) is 14.5. The fourth-order valence-corrected chi connectivity index (χ4v) is 3.30. The average molecular weight is 275 g/mol. The number of carbonyl (C=O) groups is 2. The van der Waals surface area contributed by atoms with Gasteiger partial charge in [0.2, 0.25) is 0 Å². The fourth-order valence-electron chi connectivity index (χ4n) is 2.35. The molecular formula is C14H13NO3S. The van der Waals surface area contributed by atoms with Gasteiger partial charge in [0.05, 0.1) is 11.5 Å². The number of rotatable bonds is 3. The highest BCUT2D eigenvalue weighted by Crippen LogP contribution is 2.29. The normalized spacial score (nSPS) is 21.9. The van der Waals surface area contributed by atoms with Crippen LogP contribution in [0.1, 0.15) is 23.2 Å². The van der Waals surface area contributed by atoms with Crippen molar-refractivity contribution in [2.45, 2.75) is 18.9 Å². The lowest BCUT2D eigenvalue weighted by Crippen LogP contribution is -2.46. The van der Waals surface area contributed by atoms with Crippen LogP contribution in [-0.2, 0) is 4.79 Å². The molecule has 1 amide bonds. The molecule has 2 N–H and O–H groups in total. The molecule has 1 aromatic heterocycles. The molecule has 4 nitrogen and oxygen atoms in total. The number of hydrogen-bond acceptors (Lipinski definition) is 3. The van der Waals surface area contributed by atoms with Crippen LogP contribution in [-0.4, -0.2) is 23.0 Å². The summed E-state index contributed by atoms with van der Waals surface area (Å²) in [6.07, 6.45) is 1.06. The van der Waals surface area contributed by atoms with Crippen molar-refractivity contribution >= 4 is 33.3 Å². The number of carbonyl (C=O) groups excluding carboxylic acids is 1. The van der Waals surface area contributed by atoms with Crippen molar-refractivity contribution in [1.82, 2.24) is 5.32 Å². The van der Waals surface area contributed by atoms with E-state index >= 15 is 0 Å². The first-order valence-electron chi connectivity index (χ1n) is 6.15. The van der Waals surface area contributed by atoms with E-state index in [4.69, 9.17) is 5.11 Å². The van der Waals surface area contributed by atoms with E-state index in [0.29, 0.717) is 18.4 Å². The van der Waals surface area contributed by atoms with Gasteiger partial charge >= 0.3 is 5.97 Å². The van der Waals surface area contributed by atoms with Gasteiger partial charge in [-0.15, -0.1) is 11.3 Å². The van der Waals surface area contributed by atoms with Crippen LogP contribution in [0, 0.1) is 5.92 Å². The van der Waals surface area contributed by atoms with Crippen LogP contribution in [0.4, 0.5) is 0 Å². The molecule has 19 heavy (non-hydrogen) atoms. The Morgan fingerprint density at radius 1 is 1.26 bits per heavy atom. The van der Waals surface area contributed by atoms with Crippen molar-refractivity contribution in [3.8, 4) is 0 Å². The fraction of sp³-hybridized carbons (Fsp3) is 0.286. The second-order valence-electron chi connectivity index (χ2n) is 4.82. The van der Waals surface area contributed by atoms with Crippen LogP contribution in [0.5, 0.6) is 0 Å². The summed E-state index contributed by atoms with van der Waals surface area (Å²) >= 11 is 1.55. The zero-order chi connectivity index (χ0) is 13.4. The molecule has 1 fully saturated rings. The lowest BCUT2D eigenvalue weighted by Gasteiger charge is -2.32. The molecule has 0 aliphatic heterocycles. The first-order chi connectivity index (χ1) is 9.15. The van der Waals surface area contributed by atoms with Crippen molar-refractivity contribution in [1.29, 1.82) is 0 Å². The molecule has 1 saturated carbocycles. The molecule has 5 heteroatoms. The van der Waals surface area contributed by atoms with Gasteiger partial charge < -0.3 is 10.4 Å². The van der Waals surface area contributed by atoms with Crippen LogP contribution in [0.3, 0.4) is 0 Å². The van der Waals surface area contributed by atoms with E-state index < -0.39 is 5.97 Å². The Kier molecular flexibility index (Phi) is 2.98. The van der Waals surface area contributed by atoms with Crippen LogP contribution in [0.2, 0.25) is 0 Å². The number of amides is 1. The van der Waals surface area contributed by atoms with Crippen molar-refractivity contribution in [2.75, 3.05) is 0 Å². The summed E-state index contributed by atoms with van der Waals surface area (Å²) < 4.78 is 1.09. The standard InChI is InChI=1S/C14H13NO3S/c16-13(15-9-5-8(6-9)14(17)18)11-7-19-12-4-2-1-3-10(11)12/h1-4,7-9H,5-6H2,(H,15,16)(H,17,18). The maximum atomic E-state index is 12.1. The molecule has 0 spiro atoms. The predicted octanol–water partition coefficient (Wildman–Crippen LogP) is 2.49. The second-order valence-corrected chi connectivity index (χ2v) is 5.73. The van der Waals surface area contributed by atoms with Gasteiger partial charge in [0.1, 0.15) is 0 Å². The van der Waals surface area contributed by atoms with Gasteiger partial charge in [-0.05, 0) is 18.9 Å². The van der Waals surface area contributed by atoms with E-state index in [9.17, 15) is 9.59 Å². The monoisotopic (exact) mass is 275 g/mol. The van der Waals surface area contributed by atoms with E-state index in [2.05, 4.69) is 5.32 Å². The highest BCUT2D eigenvalue weighted by atomic mass is 32.1. The third-order valence-corrected chi connectivity index (χ3v) is 4.51. The largest absolute Gasteiger partial charge is 0.481 e. The Morgan fingerprint density at radius 2 is 2.00 bits per heavy atom. The number of fused-ring (bicyclic) bond motifs is 1. The lowest BCUT2D eigenvalue weighted by molar-refractivity contribution is -0.145. The summed E-state index contributed by atoms with van der Waals surface area (Å²) in [5.41, 5.74) is 0.680. The topological polar surface area (TPSA) is 66.4 Å². The van der Waals surface area contributed by atoms with E-state index in [1.165, 1.54) is 0 Å². The molecule has 1 aromatic carbocycles. The van der Waals surface area contributed by atoms with E-state index in [0.717, 1.165) is 10.1 Å². The van der Waals surface area contributed by atoms with Crippen LogP contribution in [0.25, 0.3) is 10.1 Å². The van der Waals surface area contributed by atoms with Crippen molar-refractivity contribution in [3.63, 3.8) is 0 Å². The Balaban J connectivity index is 1.70. The van der Waals surface area contributed by atoms with Crippen LogP contribution in [0.15, 0.2) is 29.6 Å². The molecule has 98 valence electrons. The van der Waals surface area contributed by atoms with Gasteiger partial charge in [-0.1, -0.05) is 18.2 Å². The summed E-state index contributed by atoms with van der Waals surface area (Å²) in [5.74, 6) is -1.18. The summed E-state index contributed by atoms with van der Waals surface area (Å²) in [6, 6.07) is 7.77. The molecular weight excluding hydrogens is 262 g/mol. The van der Waals surface area contributed by atoms with Crippen molar-refractivity contribution < 1.29 is 14.7 Å². The highest BCUT2D eigenvalue weighted by molar-refractivity contribution is 7.17. The summed E-state index contributed by atoms with van der Waals surface area (Å²) in [4.78, 5) is 22.9. The maximum Gasteiger partial charge on any atom is 0.306 e. The minimum Gasteiger partial charge on any atom is -0.481 e. The molecule has 2 aromatic rings. The Morgan fingerprint density at radius 3 is 2.74 bits per heavy atom. The quantitative estimate of drug-likeness (QED) is 0.904. The molecule has 3 rings (SSSR count). The summed E-state index contributed by atoms with van der Waals surface area (Å²) in [6.45, 7) is 0. The van der Waals surface area contributed by atoms with Gasteiger partial charge in [-0.2, -0.15) is 0 Å². The van der Waals surface area contributed by atoms with Crippen LogP contribution < -0.4 is 5.32 Å². The number of aliphatic carboxylic acids is 1. The second kappa shape index (κ2) is 4.66. The minimum atomic E-state index is -0.772. The lowest BCUT2D eigenvalue weighted by atomic mass is 9.80. The molecule has 1 aliphatic carbocycles. The van der Waals surface area contributed by atoms with Crippen molar-refractivity contribution in [2.24, 2.45) is 5.92 Å². The first kappa shape index (κ1) is 12.2. The number of carboxylic acid groups (broad SMARTS) is 1. The third kappa shape index (κ3) is 2.21. The van der Waals surface area contributed by atoms with E-state index in [1.54, 1.807) is 11.3 Å². The molecule has 1 heterocycles. The molecule has 0 unspecified atom stereocenters. The molecule has 1 aliphatic rings. The predicted molar refractivity (Wildman–Crippen MR) is 73.4 cm³/mol. The molecule has 0 atom stereocenters. The maximum absolute atomic E-state index is 12.1. The SMILES string of the molecule is O=C(NC1CC(C(=O)O)C1)c1csc2ccccc12. The Bertz CT molecular complexity index is 643. The zero-order valence-electron chi connectivity index (χ0n) is 10.1. The summed E-state index contributed by atoms with van der Waals surface area (Å²) in [7, 11) is 0. The van der Waals surface area contributed by atoms with E-state index in [-0.39, 0.29) is 17.9 Å². The number of carboxylic acids is 1. The van der Waals surface area contributed by atoms with Crippen LogP contribution >= 0.6 is 11.3 Å². The Hall–Kier alpha value is -1.88. The highest BCUT2D eigenvalue weighted by Gasteiger charge is 2.35. The number of nitrogens with one attached hydrogen (secondary N) is 1. The van der Waals surface area contributed by atoms with Gasteiger partial charge in [0.25, 0.3) is 5.91 Å². The van der Waals surface area contributed by atoms with Gasteiger partial charge in [-0.25, -0.2) is 0 Å². The van der Waals surface area contributed by atoms with E-state index in [1.807, 2.05) is 29.6 Å². The molecule has 0 radical (unpaired) electrons. The molecule has 0 bridgehead atoms. The van der Waals surface area contributed by atoms with Gasteiger partial charge in [0.15, 0.2) is 0 Å². The average Bonchev–Trinajstić information content (AvgIpc) is 2.76. The third-order valence-electron chi connectivity index (χ3n) is 3.55. The van der Waals surface area contributed by atoms with Gasteiger partial charge in [0, 0.05) is 21.5 Å². The van der Waals surface area contributed by atoms with Crippen molar-refractivity contribution in [3.05, 3.63) is 35.2 Å². The minimum absolute atomic E-state index is 0.00716. The Labute approximate surface area is 114 Å². The smallest absolute Gasteiger partial charge is 0.306 e. The van der Waals surface area contributed by atoms with Gasteiger partial charge in [-0.3, -0.25) is 9.59 Å². The number of benzene rings is 1. The molecule has 0 saturated heterocycles. The zero-order valence-corrected chi connectivity index (χ0v) is 10.9.